The van der Waals surface area contributed by atoms with Gasteiger partial charge >= 0.3 is 0 Å². The molecular weight excluding hydrogens is 174 g/mol. The summed E-state index contributed by atoms with van der Waals surface area (Å²) in [5.74, 6) is 5.21. The molecule has 0 saturated heterocycles. The van der Waals surface area contributed by atoms with E-state index in [2.05, 4.69) is 5.43 Å². The number of hydrazine groups is 1. The number of nitrogen functional groups attached to an aromatic ring is 1. The van der Waals surface area contributed by atoms with E-state index in [0.717, 1.165) is 5.56 Å². The van der Waals surface area contributed by atoms with Crippen molar-refractivity contribution < 1.29 is 8.78 Å². The quantitative estimate of drug-likeness (QED) is 0.562. The number of halogens is 2. The third kappa shape index (κ3) is 2.15. The van der Waals surface area contributed by atoms with E-state index >= 15 is 0 Å². The zero-order valence-electron chi connectivity index (χ0n) is 7.35. The summed E-state index contributed by atoms with van der Waals surface area (Å²) in [6, 6.07) is 4.42. The first-order valence-corrected chi connectivity index (χ1v) is 4.06. The Balaban J connectivity index is 3.05. The molecule has 0 aromatic heterocycles. The summed E-state index contributed by atoms with van der Waals surface area (Å²) in [6.45, 7) is 1.89. The normalized spacial score (nSPS) is 10.5. The maximum Gasteiger partial charge on any atom is 0.263 e. The molecule has 0 amide bonds. The number of anilines is 1. The van der Waals surface area contributed by atoms with Gasteiger partial charge in [0, 0.05) is 5.56 Å². The molecule has 0 fully saturated rings. The number of alkyl halides is 2. The highest BCUT2D eigenvalue weighted by Crippen LogP contribution is 2.24. The average Bonchev–Trinajstić information content (AvgIpc) is 2.16. The third-order valence-electron chi connectivity index (χ3n) is 1.92. The van der Waals surface area contributed by atoms with E-state index < -0.39 is 6.43 Å². The number of nitrogens with two attached hydrogens (primary N) is 1. The summed E-state index contributed by atoms with van der Waals surface area (Å²) in [5.41, 5.74) is 4.01. The van der Waals surface area contributed by atoms with E-state index in [1.807, 2.05) is 6.92 Å². The minimum absolute atomic E-state index is 0.0378. The van der Waals surface area contributed by atoms with Gasteiger partial charge in [0.1, 0.15) is 0 Å². The first kappa shape index (κ1) is 9.92. The van der Waals surface area contributed by atoms with E-state index in [1.54, 1.807) is 6.07 Å². The molecule has 4 heteroatoms. The van der Waals surface area contributed by atoms with Crippen molar-refractivity contribution in [3.05, 3.63) is 29.3 Å². The minimum Gasteiger partial charge on any atom is -0.324 e. The fraction of sp³-hybridized carbons (Fsp3) is 0.333. The predicted molar refractivity (Wildman–Crippen MR) is 48.6 cm³/mol. The van der Waals surface area contributed by atoms with Gasteiger partial charge in [0.15, 0.2) is 0 Å². The van der Waals surface area contributed by atoms with Gasteiger partial charge in [0.25, 0.3) is 6.43 Å². The Hall–Kier alpha value is -1.16. The summed E-state index contributed by atoms with van der Waals surface area (Å²) in [7, 11) is 0. The van der Waals surface area contributed by atoms with Crippen LogP contribution in [0.25, 0.3) is 0 Å². The Kier molecular flexibility index (Phi) is 3.19. The molecule has 0 heterocycles. The van der Waals surface area contributed by atoms with E-state index in [9.17, 15) is 8.78 Å². The first-order chi connectivity index (χ1) is 6.19. The molecule has 1 aromatic rings. The fourth-order valence-corrected chi connectivity index (χ4v) is 1.18. The predicted octanol–water partition coefficient (Wildman–Crippen LogP) is 2.47. The maximum atomic E-state index is 12.3. The molecule has 1 rings (SSSR count). The van der Waals surface area contributed by atoms with E-state index in [0.29, 0.717) is 12.1 Å². The molecule has 0 spiro atoms. The fourth-order valence-electron chi connectivity index (χ4n) is 1.18. The van der Waals surface area contributed by atoms with Crippen LogP contribution in [0.1, 0.15) is 24.5 Å². The van der Waals surface area contributed by atoms with Crippen LogP contribution in [0.5, 0.6) is 0 Å². The Morgan fingerprint density at radius 3 is 2.62 bits per heavy atom. The molecule has 0 bridgehead atoms. The van der Waals surface area contributed by atoms with E-state index in [4.69, 9.17) is 5.84 Å². The van der Waals surface area contributed by atoms with Crippen LogP contribution in [-0.2, 0) is 6.42 Å². The zero-order valence-corrected chi connectivity index (χ0v) is 7.35. The van der Waals surface area contributed by atoms with Crippen LogP contribution < -0.4 is 11.3 Å². The average molecular weight is 186 g/mol. The molecule has 0 saturated carbocycles. The van der Waals surface area contributed by atoms with E-state index in [-0.39, 0.29) is 5.56 Å². The first-order valence-electron chi connectivity index (χ1n) is 4.06. The smallest absolute Gasteiger partial charge is 0.263 e. The molecule has 2 nitrogen and oxygen atoms in total. The molecule has 0 aliphatic carbocycles. The molecular formula is C9H12F2N2. The third-order valence-corrected chi connectivity index (χ3v) is 1.92. The largest absolute Gasteiger partial charge is 0.324 e. The molecule has 72 valence electrons. The molecule has 1 aromatic carbocycles. The second-order valence-electron chi connectivity index (χ2n) is 2.72. The monoisotopic (exact) mass is 186 g/mol. The number of hydrogen-bond donors (Lipinski definition) is 2. The highest BCUT2D eigenvalue weighted by Gasteiger charge is 2.08. The zero-order chi connectivity index (χ0) is 9.84. The Morgan fingerprint density at radius 2 is 2.15 bits per heavy atom. The SMILES string of the molecule is CCc1cc(C(F)F)ccc1NN. The van der Waals surface area contributed by atoms with Crippen LogP contribution in [0.2, 0.25) is 0 Å². The molecule has 0 aliphatic rings. The number of rotatable bonds is 3. The van der Waals surface area contributed by atoms with Gasteiger partial charge in [-0.1, -0.05) is 13.0 Å². The molecule has 3 N–H and O–H groups in total. The molecule has 0 atom stereocenters. The summed E-state index contributed by atoms with van der Waals surface area (Å²) in [5, 5.41) is 0. The van der Waals surface area contributed by atoms with Gasteiger partial charge in [-0.05, 0) is 24.1 Å². The van der Waals surface area contributed by atoms with Gasteiger partial charge in [0.2, 0.25) is 0 Å². The summed E-state index contributed by atoms with van der Waals surface area (Å²) in [6.07, 6.45) is -1.74. The topological polar surface area (TPSA) is 38.0 Å². The van der Waals surface area contributed by atoms with Crippen molar-refractivity contribution in [3.63, 3.8) is 0 Å². The lowest BCUT2D eigenvalue weighted by Gasteiger charge is -2.08. The Labute approximate surface area is 75.7 Å². The summed E-state index contributed by atoms with van der Waals surface area (Å²) in [4.78, 5) is 0. The van der Waals surface area contributed by atoms with Crippen molar-refractivity contribution in [2.24, 2.45) is 5.84 Å². The van der Waals surface area contributed by atoms with Crippen LogP contribution in [0.4, 0.5) is 14.5 Å². The van der Waals surface area contributed by atoms with E-state index in [1.165, 1.54) is 12.1 Å². The highest BCUT2D eigenvalue weighted by atomic mass is 19.3. The standard InChI is InChI=1S/C9H12F2N2/c1-2-6-5-7(9(10)11)3-4-8(6)13-12/h3-5,9,13H,2,12H2,1H3. The summed E-state index contributed by atoms with van der Waals surface area (Å²) >= 11 is 0. The lowest BCUT2D eigenvalue weighted by atomic mass is 10.1. The van der Waals surface area contributed by atoms with Crippen molar-refractivity contribution in [2.75, 3.05) is 5.43 Å². The number of nitrogens with one attached hydrogen (secondary N) is 1. The van der Waals surface area contributed by atoms with Crippen LogP contribution in [0.3, 0.4) is 0 Å². The van der Waals surface area contributed by atoms with Crippen molar-refractivity contribution in [2.45, 2.75) is 19.8 Å². The van der Waals surface area contributed by atoms with Crippen molar-refractivity contribution in [3.8, 4) is 0 Å². The Morgan fingerprint density at radius 1 is 1.46 bits per heavy atom. The van der Waals surface area contributed by atoms with Gasteiger partial charge in [-0.25, -0.2) is 8.78 Å². The van der Waals surface area contributed by atoms with Crippen molar-refractivity contribution in [1.82, 2.24) is 0 Å². The van der Waals surface area contributed by atoms with Gasteiger partial charge in [0.05, 0.1) is 5.69 Å². The van der Waals surface area contributed by atoms with Crippen LogP contribution in [0.15, 0.2) is 18.2 Å². The van der Waals surface area contributed by atoms with Crippen LogP contribution in [0, 0.1) is 0 Å². The lowest BCUT2D eigenvalue weighted by Crippen LogP contribution is -2.09. The summed E-state index contributed by atoms with van der Waals surface area (Å²) < 4.78 is 24.5. The van der Waals surface area contributed by atoms with Gasteiger partial charge < -0.3 is 5.43 Å². The Bertz CT molecular complexity index is 287. The van der Waals surface area contributed by atoms with Gasteiger partial charge in [-0.2, -0.15) is 0 Å². The van der Waals surface area contributed by atoms with Gasteiger partial charge in [-0.3, -0.25) is 5.84 Å². The van der Waals surface area contributed by atoms with Crippen molar-refractivity contribution >= 4 is 5.69 Å². The molecule has 0 aliphatic heterocycles. The van der Waals surface area contributed by atoms with Crippen LogP contribution in [-0.4, -0.2) is 0 Å². The lowest BCUT2D eigenvalue weighted by molar-refractivity contribution is 0.151. The second-order valence-corrected chi connectivity index (χ2v) is 2.72. The number of hydrogen-bond acceptors (Lipinski definition) is 2. The van der Waals surface area contributed by atoms with Crippen LogP contribution >= 0.6 is 0 Å². The molecule has 0 unspecified atom stereocenters. The highest BCUT2D eigenvalue weighted by molar-refractivity contribution is 5.52. The second kappa shape index (κ2) is 4.18. The van der Waals surface area contributed by atoms with Crippen molar-refractivity contribution in [1.29, 1.82) is 0 Å². The maximum absolute atomic E-state index is 12.3. The number of aryl methyl sites for hydroxylation is 1. The minimum atomic E-state index is -2.42. The van der Waals surface area contributed by atoms with Gasteiger partial charge in [-0.15, -0.1) is 0 Å². The molecule has 0 radical (unpaired) electrons. The number of benzene rings is 1. The molecule has 13 heavy (non-hydrogen) atoms.